The third-order valence-corrected chi connectivity index (χ3v) is 7.67. The Hall–Kier alpha value is -3.47. The van der Waals surface area contributed by atoms with Gasteiger partial charge in [-0.25, -0.2) is 0 Å². The van der Waals surface area contributed by atoms with E-state index in [9.17, 15) is 9.59 Å². The summed E-state index contributed by atoms with van der Waals surface area (Å²) in [5.41, 5.74) is 0.500. The number of esters is 2. The fraction of sp³-hybridized carbons (Fsp3) is 0.0968. The molecule has 7 heteroatoms. The van der Waals surface area contributed by atoms with E-state index in [0.29, 0.717) is 11.3 Å². The minimum Gasteiger partial charge on any atom is -0.523 e. The van der Waals surface area contributed by atoms with E-state index in [1.54, 1.807) is 24.3 Å². The third-order valence-electron chi connectivity index (χ3n) is 5.22. The Morgan fingerprint density at radius 1 is 0.605 bits per heavy atom. The fourth-order valence-electron chi connectivity index (χ4n) is 3.43. The molecule has 0 heterocycles. The Morgan fingerprint density at radius 3 is 1.37 bits per heavy atom. The van der Waals surface area contributed by atoms with Gasteiger partial charge in [-0.2, -0.15) is 0 Å². The molecular weight excluding hydrogens is 680 g/mol. The maximum absolute atomic E-state index is 11.6. The van der Waals surface area contributed by atoms with E-state index in [-0.39, 0.29) is 28.0 Å². The first-order chi connectivity index (χ1) is 18.1. The van der Waals surface area contributed by atoms with E-state index < -0.39 is 19.9 Å². The summed E-state index contributed by atoms with van der Waals surface area (Å²) in [6.07, 6.45) is 2.31. The van der Waals surface area contributed by atoms with Crippen molar-refractivity contribution in [1.29, 1.82) is 0 Å². The Morgan fingerprint density at radius 2 is 1.03 bits per heavy atom. The van der Waals surface area contributed by atoms with Crippen molar-refractivity contribution in [2.24, 2.45) is 0 Å². The van der Waals surface area contributed by atoms with Crippen molar-refractivity contribution in [3.8, 4) is 5.75 Å². The normalized spacial score (nSPS) is 10.4. The maximum atomic E-state index is 11.6. The number of benzene rings is 4. The van der Waals surface area contributed by atoms with Crippen molar-refractivity contribution in [2.75, 3.05) is 21.3 Å². The molecule has 0 aliphatic rings. The molecule has 0 atom stereocenters. The van der Waals surface area contributed by atoms with Crippen LogP contribution in [0, 0.1) is 6.08 Å². The van der Waals surface area contributed by atoms with Gasteiger partial charge in [0.2, 0.25) is 5.97 Å². The summed E-state index contributed by atoms with van der Waals surface area (Å²) in [6.45, 7) is 0. The monoisotopic (exact) mass is 708 g/mol. The van der Waals surface area contributed by atoms with Gasteiger partial charge in [-0.15, -0.1) is 17.7 Å². The summed E-state index contributed by atoms with van der Waals surface area (Å²) < 4.78 is 14.0. The number of carbonyl (C=O) groups excluding carboxylic acids is 2. The largest absolute Gasteiger partial charge is 1.00 e. The van der Waals surface area contributed by atoms with Crippen molar-refractivity contribution in [3.63, 3.8) is 0 Å². The second-order valence-electron chi connectivity index (χ2n) is 7.55. The molecule has 0 N–H and O–H groups in total. The average Bonchev–Trinajstić information content (AvgIpc) is 2.97. The first kappa shape index (κ1) is 30.8. The van der Waals surface area contributed by atoms with Gasteiger partial charge in [0.1, 0.15) is 5.75 Å². The van der Waals surface area contributed by atoms with Crippen molar-refractivity contribution in [3.05, 3.63) is 127 Å². The van der Waals surface area contributed by atoms with Gasteiger partial charge < -0.3 is 19.0 Å². The summed E-state index contributed by atoms with van der Waals surface area (Å²) in [4.78, 5) is 22.7. The molecule has 0 amide bonds. The molecule has 5 nitrogen and oxygen atoms in total. The molecule has 0 aliphatic carbocycles. The molecule has 4 aromatic carbocycles. The van der Waals surface area contributed by atoms with E-state index in [1.807, 2.05) is 0 Å². The molecule has 0 radical (unpaired) electrons. The molecule has 4 aromatic rings. The van der Waals surface area contributed by atoms with E-state index in [4.69, 9.17) is 4.74 Å². The molecule has 0 aliphatic heterocycles. The summed E-state index contributed by atoms with van der Waals surface area (Å²) in [6, 6.07) is 38.9. The standard InChI is InChI=1S/C18H15P.C13H13O5.Au/c1-4-10-16(11-5-1)19(17-12-6-2-7-13-17)18-14-8-3-9-15-18;1-16-10-6-4-9(5-7-10)11(13(15)18-3)8-12(14)17-2;/h1-15H;4-7H,1-3H3;/q;-1;+1. The van der Waals surface area contributed by atoms with Crippen LogP contribution in [0.25, 0.3) is 5.57 Å². The minimum absolute atomic E-state index is 0. The van der Waals surface area contributed by atoms with Crippen LogP contribution in [0.15, 0.2) is 115 Å². The minimum atomic E-state index is -0.744. The molecule has 0 spiro atoms. The predicted molar refractivity (Wildman–Crippen MR) is 149 cm³/mol. The van der Waals surface area contributed by atoms with Gasteiger partial charge in [0.25, 0.3) is 5.97 Å². The molecule has 4 rings (SSSR count). The second kappa shape index (κ2) is 16.4. The van der Waals surface area contributed by atoms with Crippen LogP contribution < -0.4 is 20.7 Å². The Balaban J connectivity index is 0.000000261. The van der Waals surface area contributed by atoms with E-state index in [2.05, 4.69) is 107 Å². The number of ether oxygens (including phenoxy) is 3. The van der Waals surface area contributed by atoms with Gasteiger partial charge in [-0.1, -0.05) is 103 Å². The van der Waals surface area contributed by atoms with Crippen molar-refractivity contribution in [1.82, 2.24) is 0 Å². The molecule has 38 heavy (non-hydrogen) atoms. The van der Waals surface area contributed by atoms with Crippen LogP contribution in [0.4, 0.5) is 0 Å². The second-order valence-corrected chi connectivity index (χ2v) is 9.77. The van der Waals surface area contributed by atoms with Gasteiger partial charge in [-0.3, -0.25) is 4.79 Å². The maximum Gasteiger partial charge on any atom is 1.00 e. The van der Waals surface area contributed by atoms with E-state index in [0.717, 1.165) is 0 Å². The van der Waals surface area contributed by atoms with Gasteiger partial charge in [0.15, 0.2) is 0 Å². The molecule has 0 fully saturated rings. The first-order valence-corrected chi connectivity index (χ1v) is 12.8. The van der Waals surface area contributed by atoms with Crippen LogP contribution >= 0.6 is 7.92 Å². The van der Waals surface area contributed by atoms with Crippen LogP contribution in [0.1, 0.15) is 5.56 Å². The Bertz CT molecular complexity index is 1200. The molecule has 0 aromatic heterocycles. The molecule has 0 bridgehead atoms. The van der Waals surface area contributed by atoms with Crippen molar-refractivity contribution >= 4 is 41.3 Å². The SMILES string of the molecule is COC(=O)[C-]=C(C(=O)OC)c1ccc(OC)cc1.[Au+].c1ccc(P(c2ccccc2)c2ccccc2)cc1. The molecule has 0 unspecified atom stereocenters. The topological polar surface area (TPSA) is 61.8 Å². The van der Waals surface area contributed by atoms with Gasteiger partial charge in [-0.05, 0) is 36.0 Å². The quantitative estimate of drug-likeness (QED) is 0.0920. The fourth-order valence-corrected chi connectivity index (χ4v) is 5.74. The molecule has 198 valence electrons. The van der Waals surface area contributed by atoms with Gasteiger partial charge in [0.05, 0.1) is 21.3 Å². The van der Waals surface area contributed by atoms with Crippen LogP contribution in [0.2, 0.25) is 0 Å². The van der Waals surface area contributed by atoms with Crippen molar-refractivity contribution < 1.29 is 46.2 Å². The Kier molecular flexibility index (Phi) is 13.3. The van der Waals surface area contributed by atoms with Crippen LogP contribution in [0.5, 0.6) is 5.75 Å². The predicted octanol–water partition coefficient (Wildman–Crippen LogP) is 4.67. The van der Waals surface area contributed by atoms with Crippen LogP contribution in [0.3, 0.4) is 0 Å². The zero-order valence-corrected chi connectivity index (χ0v) is 24.3. The van der Waals surface area contributed by atoms with Crippen LogP contribution in [-0.2, 0) is 41.4 Å². The summed E-state index contributed by atoms with van der Waals surface area (Å²) in [7, 11) is 3.52. The number of rotatable bonds is 7. The first-order valence-electron chi connectivity index (χ1n) is 11.5. The summed E-state index contributed by atoms with van der Waals surface area (Å²) in [5, 5.41) is 4.19. The van der Waals surface area contributed by atoms with Crippen LogP contribution in [-0.4, -0.2) is 33.3 Å². The van der Waals surface area contributed by atoms with Crippen molar-refractivity contribution in [2.45, 2.75) is 0 Å². The number of hydrogen-bond acceptors (Lipinski definition) is 5. The van der Waals surface area contributed by atoms with E-state index >= 15 is 0 Å². The van der Waals surface area contributed by atoms with Gasteiger partial charge in [0, 0.05) is 0 Å². The molecule has 0 saturated heterocycles. The number of carbonyl (C=O) groups is 2. The smallest absolute Gasteiger partial charge is 0.523 e. The number of hydrogen-bond donors (Lipinski definition) is 0. The zero-order valence-electron chi connectivity index (χ0n) is 21.3. The van der Waals surface area contributed by atoms with E-state index in [1.165, 1.54) is 37.2 Å². The molecular formula is C31H28AuO5P. The molecule has 0 saturated carbocycles. The summed E-state index contributed by atoms with van der Waals surface area (Å²) >= 11 is 0. The average molecular weight is 709 g/mol. The zero-order chi connectivity index (χ0) is 26.5. The third kappa shape index (κ3) is 8.83. The summed E-state index contributed by atoms with van der Waals surface area (Å²) in [5.74, 6) is -0.766. The van der Waals surface area contributed by atoms with Gasteiger partial charge >= 0.3 is 22.4 Å². The number of methoxy groups -OCH3 is 3. The Labute approximate surface area is 240 Å².